The van der Waals surface area contributed by atoms with Gasteiger partial charge in [-0.3, -0.25) is 4.39 Å². The normalized spacial score (nSPS) is 9.17. The van der Waals surface area contributed by atoms with Gasteiger partial charge in [0.25, 0.3) is 0 Å². The zero-order valence-corrected chi connectivity index (χ0v) is 8.26. The van der Waals surface area contributed by atoms with Crippen molar-refractivity contribution in [3.05, 3.63) is 35.4 Å². The van der Waals surface area contributed by atoms with Crippen molar-refractivity contribution in [3.63, 3.8) is 0 Å². The minimum absolute atomic E-state index is 0.500. The van der Waals surface area contributed by atoms with Gasteiger partial charge in [-0.1, -0.05) is 43.7 Å². The van der Waals surface area contributed by atoms with Crippen molar-refractivity contribution in [1.82, 2.24) is 0 Å². The van der Waals surface area contributed by atoms with Crippen molar-refractivity contribution in [1.29, 1.82) is 0 Å². The fourth-order valence-corrected chi connectivity index (χ4v) is 1.03. The molecule has 0 nitrogen and oxygen atoms in total. The Bertz CT molecular complexity index is 216. The average molecular weight is 168 g/mol. The Balaban J connectivity index is 0.000000561. The van der Waals surface area contributed by atoms with Gasteiger partial charge >= 0.3 is 0 Å². The number of aryl methyl sites for hydroxylation is 1. The summed E-state index contributed by atoms with van der Waals surface area (Å²) in [6.07, 6.45) is 0. The predicted molar refractivity (Wildman–Crippen MR) is 52.3 cm³/mol. The van der Waals surface area contributed by atoms with Crippen LogP contribution in [0.5, 0.6) is 0 Å². The molecule has 1 aromatic carbocycles. The Morgan fingerprint density at radius 3 is 2.08 bits per heavy atom. The molecular weight excluding hydrogens is 151 g/mol. The minimum Gasteiger partial charge on any atom is -0.255 e. The monoisotopic (exact) mass is 168 g/mol. The van der Waals surface area contributed by atoms with E-state index in [-0.39, 0.29) is 0 Å². The van der Waals surface area contributed by atoms with Crippen LogP contribution in [0.15, 0.2) is 24.3 Å². The molecule has 0 spiro atoms. The molecule has 0 radical (unpaired) electrons. The molecule has 0 atom stereocenters. The highest BCUT2D eigenvalue weighted by Gasteiger charge is 1.96. The molecule has 0 amide bonds. The first-order valence-corrected chi connectivity index (χ1v) is 4.14. The maximum Gasteiger partial charge on any atom is 0.0785 e. The SMILES string of the molecule is CF.Cc1cccc(C(C)C)c1. The molecule has 0 unspecified atom stereocenters. The molecule has 0 aliphatic rings. The van der Waals surface area contributed by atoms with E-state index in [1.807, 2.05) is 0 Å². The van der Waals surface area contributed by atoms with Crippen LogP contribution < -0.4 is 0 Å². The lowest BCUT2D eigenvalue weighted by molar-refractivity contribution is 0.636. The van der Waals surface area contributed by atoms with Gasteiger partial charge in [-0.25, -0.2) is 0 Å². The Morgan fingerprint density at radius 1 is 1.17 bits per heavy atom. The lowest BCUT2D eigenvalue weighted by Gasteiger charge is -2.04. The van der Waals surface area contributed by atoms with E-state index in [0.717, 1.165) is 0 Å². The molecule has 0 bridgehead atoms. The van der Waals surface area contributed by atoms with Crippen molar-refractivity contribution in [2.45, 2.75) is 26.7 Å². The number of rotatable bonds is 1. The fourth-order valence-electron chi connectivity index (χ4n) is 1.03. The third-order valence-electron chi connectivity index (χ3n) is 1.71. The molecule has 1 aromatic rings. The minimum atomic E-state index is 0.500. The largest absolute Gasteiger partial charge is 0.255 e. The van der Waals surface area contributed by atoms with Gasteiger partial charge in [-0.05, 0) is 18.4 Å². The van der Waals surface area contributed by atoms with Gasteiger partial charge in [0.1, 0.15) is 0 Å². The molecule has 0 saturated heterocycles. The summed E-state index contributed by atoms with van der Waals surface area (Å²) in [4.78, 5) is 0. The molecule has 0 heterocycles. The Labute approximate surface area is 74.4 Å². The number of hydrogen-bond donors (Lipinski definition) is 0. The van der Waals surface area contributed by atoms with Crippen molar-refractivity contribution in [3.8, 4) is 0 Å². The van der Waals surface area contributed by atoms with Gasteiger partial charge in [0, 0.05) is 0 Å². The van der Waals surface area contributed by atoms with Crippen molar-refractivity contribution in [2.75, 3.05) is 7.18 Å². The van der Waals surface area contributed by atoms with Gasteiger partial charge in [-0.15, -0.1) is 0 Å². The van der Waals surface area contributed by atoms with Gasteiger partial charge in [0.2, 0.25) is 0 Å². The molecule has 1 heteroatoms. The van der Waals surface area contributed by atoms with Gasteiger partial charge in [0.15, 0.2) is 0 Å². The van der Waals surface area contributed by atoms with Crippen LogP contribution in [0.25, 0.3) is 0 Å². The van der Waals surface area contributed by atoms with E-state index < -0.39 is 0 Å². The first kappa shape index (κ1) is 11.2. The lowest BCUT2D eigenvalue weighted by atomic mass is 10.0. The zero-order chi connectivity index (χ0) is 9.56. The van der Waals surface area contributed by atoms with Crippen LogP contribution >= 0.6 is 0 Å². The zero-order valence-electron chi connectivity index (χ0n) is 8.26. The van der Waals surface area contributed by atoms with Gasteiger partial charge in [-0.2, -0.15) is 0 Å². The summed E-state index contributed by atoms with van der Waals surface area (Å²) in [6.45, 7) is 6.56. The first-order valence-electron chi connectivity index (χ1n) is 4.14. The van der Waals surface area contributed by atoms with Crippen LogP contribution in [0.1, 0.15) is 30.9 Å². The predicted octanol–water partition coefficient (Wildman–Crippen LogP) is 3.70. The quantitative estimate of drug-likeness (QED) is 0.599. The van der Waals surface area contributed by atoms with E-state index in [1.165, 1.54) is 11.1 Å². The van der Waals surface area contributed by atoms with Crippen LogP contribution in [0.3, 0.4) is 0 Å². The third kappa shape index (κ3) is 3.51. The Hall–Kier alpha value is -0.850. The van der Waals surface area contributed by atoms with E-state index in [1.54, 1.807) is 0 Å². The first-order chi connectivity index (χ1) is 5.70. The lowest BCUT2D eigenvalue weighted by Crippen LogP contribution is -1.86. The molecule has 0 fully saturated rings. The molecule has 0 aliphatic heterocycles. The van der Waals surface area contributed by atoms with E-state index in [2.05, 4.69) is 45.0 Å². The maximum atomic E-state index is 9.50. The van der Waals surface area contributed by atoms with Gasteiger partial charge in [0.05, 0.1) is 7.18 Å². The average Bonchev–Trinajstić information content (AvgIpc) is 2.08. The molecule has 12 heavy (non-hydrogen) atoms. The van der Waals surface area contributed by atoms with Crippen molar-refractivity contribution < 1.29 is 4.39 Å². The summed E-state index contributed by atoms with van der Waals surface area (Å²) in [5, 5.41) is 0. The third-order valence-corrected chi connectivity index (χ3v) is 1.71. The van der Waals surface area contributed by atoms with E-state index >= 15 is 0 Å². The van der Waals surface area contributed by atoms with Crippen molar-refractivity contribution in [2.24, 2.45) is 0 Å². The summed E-state index contributed by atoms with van der Waals surface area (Å²) < 4.78 is 9.50. The smallest absolute Gasteiger partial charge is 0.0785 e. The molecule has 68 valence electrons. The van der Waals surface area contributed by atoms with E-state index in [9.17, 15) is 4.39 Å². The topological polar surface area (TPSA) is 0 Å². The van der Waals surface area contributed by atoms with Crippen molar-refractivity contribution >= 4 is 0 Å². The van der Waals surface area contributed by atoms with Crippen LogP contribution in [0.4, 0.5) is 4.39 Å². The number of halogens is 1. The molecule has 0 aromatic heterocycles. The molecule has 0 N–H and O–H groups in total. The summed E-state index contributed by atoms with van der Waals surface area (Å²) >= 11 is 0. The summed E-state index contributed by atoms with van der Waals surface area (Å²) in [6, 6.07) is 8.67. The van der Waals surface area contributed by atoms with Gasteiger partial charge < -0.3 is 0 Å². The maximum absolute atomic E-state index is 9.50. The van der Waals surface area contributed by atoms with Crippen LogP contribution in [0.2, 0.25) is 0 Å². The summed E-state index contributed by atoms with van der Waals surface area (Å²) in [5.74, 6) is 0.653. The summed E-state index contributed by atoms with van der Waals surface area (Å²) in [5.41, 5.74) is 2.78. The fraction of sp³-hybridized carbons (Fsp3) is 0.455. The second-order valence-corrected chi connectivity index (χ2v) is 3.07. The highest BCUT2D eigenvalue weighted by Crippen LogP contribution is 2.14. The number of alkyl halides is 1. The van der Waals surface area contributed by atoms with Crippen LogP contribution in [0, 0.1) is 6.92 Å². The highest BCUT2D eigenvalue weighted by molar-refractivity contribution is 5.24. The molecule has 0 saturated carbocycles. The summed E-state index contributed by atoms with van der Waals surface area (Å²) in [7, 11) is 0.500. The highest BCUT2D eigenvalue weighted by atomic mass is 19.1. The van der Waals surface area contributed by atoms with Crippen LogP contribution in [-0.4, -0.2) is 7.18 Å². The number of hydrogen-bond acceptors (Lipinski definition) is 0. The molecule has 0 aliphatic carbocycles. The second-order valence-electron chi connectivity index (χ2n) is 3.07. The number of benzene rings is 1. The van der Waals surface area contributed by atoms with E-state index in [4.69, 9.17) is 0 Å². The molecular formula is C11H17F. The van der Waals surface area contributed by atoms with Crippen LogP contribution in [-0.2, 0) is 0 Å². The Kier molecular flexibility index (Phi) is 5.35. The second kappa shape index (κ2) is 5.76. The van der Waals surface area contributed by atoms with E-state index in [0.29, 0.717) is 13.1 Å². The molecule has 1 rings (SSSR count). The standard InChI is InChI=1S/C10H14.CH3F/c1-8(2)10-6-4-5-9(3)7-10;1-2/h4-8H,1-3H3;1H3. The Morgan fingerprint density at radius 2 is 1.75 bits per heavy atom.